The molecule has 1 saturated carbocycles. The summed E-state index contributed by atoms with van der Waals surface area (Å²) in [7, 11) is 0. The summed E-state index contributed by atoms with van der Waals surface area (Å²) in [5.74, 6) is 2.29. The van der Waals surface area contributed by atoms with Gasteiger partial charge in [0.05, 0.1) is 6.26 Å². The molecule has 0 aliphatic heterocycles. The Bertz CT molecular complexity index is 366. The molecule has 2 nitrogen and oxygen atoms in total. The molecule has 1 N–H and O–H groups in total. The van der Waals surface area contributed by atoms with E-state index in [2.05, 4.69) is 26.1 Å². The van der Waals surface area contributed by atoms with Crippen LogP contribution in [0, 0.1) is 17.8 Å². The molecule has 1 fully saturated rings. The van der Waals surface area contributed by atoms with E-state index in [1.54, 1.807) is 6.26 Å². The van der Waals surface area contributed by atoms with E-state index >= 15 is 0 Å². The summed E-state index contributed by atoms with van der Waals surface area (Å²) in [4.78, 5) is 0. The standard InChI is InChI=1S/C15H24ClNO/c1-4-17-14(13-5-6-18-15(13)16)12-8-10(2)7-11(3)9-12/h5-6,10-12,14,17H,4,7-9H2,1-3H3. The van der Waals surface area contributed by atoms with Crippen LogP contribution in [0.4, 0.5) is 0 Å². The van der Waals surface area contributed by atoms with Gasteiger partial charge in [0, 0.05) is 11.6 Å². The van der Waals surface area contributed by atoms with Crippen molar-refractivity contribution in [2.24, 2.45) is 17.8 Å². The van der Waals surface area contributed by atoms with Crippen molar-refractivity contribution < 1.29 is 4.42 Å². The first-order valence-corrected chi connectivity index (χ1v) is 7.45. The average molecular weight is 270 g/mol. The highest BCUT2D eigenvalue weighted by atomic mass is 35.5. The van der Waals surface area contributed by atoms with Crippen molar-refractivity contribution in [3.63, 3.8) is 0 Å². The molecule has 0 saturated heterocycles. The predicted molar refractivity (Wildman–Crippen MR) is 75.8 cm³/mol. The zero-order chi connectivity index (χ0) is 13.1. The zero-order valence-electron chi connectivity index (χ0n) is 11.6. The molecule has 0 bridgehead atoms. The van der Waals surface area contributed by atoms with Crippen LogP contribution in [-0.4, -0.2) is 6.54 Å². The molecule has 3 atom stereocenters. The van der Waals surface area contributed by atoms with Crippen LogP contribution in [0.15, 0.2) is 16.7 Å². The summed E-state index contributed by atoms with van der Waals surface area (Å²) in [6.07, 6.45) is 5.61. The van der Waals surface area contributed by atoms with Crippen LogP contribution in [0.25, 0.3) is 0 Å². The SMILES string of the molecule is CCNC(c1ccoc1Cl)C1CC(C)CC(C)C1. The van der Waals surface area contributed by atoms with E-state index in [1.807, 2.05) is 6.07 Å². The maximum Gasteiger partial charge on any atom is 0.197 e. The Balaban J connectivity index is 2.17. The fourth-order valence-corrected chi connectivity index (χ4v) is 3.79. The highest BCUT2D eigenvalue weighted by molar-refractivity contribution is 6.29. The molecule has 1 aromatic rings. The van der Waals surface area contributed by atoms with Gasteiger partial charge in [-0.3, -0.25) is 0 Å². The fourth-order valence-electron chi connectivity index (χ4n) is 3.56. The monoisotopic (exact) mass is 269 g/mol. The average Bonchev–Trinajstić information content (AvgIpc) is 2.71. The Kier molecular flexibility index (Phi) is 4.74. The van der Waals surface area contributed by atoms with Gasteiger partial charge in [-0.25, -0.2) is 0 Å². The molecule has 102 valence electrons. The summed E-state index contributed by atoms with van der Waals surface area (Å²) < 4.78 is 5.26. The third-order valence-corrected chi connectivity index (χ3v) is 4.40. The van der Waals surface area contributed by atoms with Gasteiger partial charge in [-0.1, -0.05) is 20.8 Å². The van der Waals surface area contributed by atoms with Crippen LogP contribution in [-0.2, 0) is 0 Å². The van der Waals surface area contributed by atoms with Gasteiger partial charge in [0.1, 0.15) is 0 Å². The molecule has 3 unspecified atom stereocenters. The molecule has 0 amide bonds. The topological polar surface area (TPSA) is 25.2 Å². The Labute approximate surface area is 115 Å². The van der Waals surface area contributed by atoms with E-state index in [9.17, 15) is 0 Å². The predicted octanol–water partition coefficient (Wildman–Crippen LogP) is 4.66. The Morgan fingerprint density at radius 2 is 2.00 bits per heavy atom. The molecule has 1 heterocycles. The van der Waals surface area contributed by atoms with Crippen LogP contribution in [0.3, 0.4) is 0 Å². The van der Waals surface area contributed by atoms with E-state index in [1.165, 1.54) is 19.3 Å². The van der Waals surface area contributed by atoms with Crippen molar-refractivity contribution in [1.82, 2.24) is 5.32 Å². The first-order chi connectivity index (χ1) is 8.61. The summed E-state index contributed by atoms with van der Waals surface area (Å²) in [5, 5.41) is 4.14. The van der Waals surface area contributed by atoms with Gasteiger partial charge in [0.2, 0.25) is 0 Å². The van der Waals surface area contributed by atoms with E-state index in [0.717, 1.165) is 23.9 Å². The van der Waals surface area contributed by atoms with Gasteiger partial charge >= 0.3 is 0 Å². The molecule has 0 radical (unpaired) electrons. The Morgan fingerprint density at radius 1 is 1.33 bits per heavy atom. The van der Waals surface area contributed by atoms with Crippen molar-refractivity contribution in [1.29, 1.82) is 0 Å². The number of nitrogens with one attached hydrogen (secondary N) is 1. The second-order valence-electron chi connectivity index (χ2n) is 5.86. The molecule has 1 aliphatic rings. The van der Waals surface area contributed by atoms with Crippen LogP contribution >= 0.6 is 11.6 Å². The molecular weight excluding hydrogens is 246 g/mol. The van der Waals surface area contributed by atoms with Gasteiger partial charge < -0.3 is 9.73 Å². The fraction of sp³-hybridized carbons (Fsp3) is 0.733. The van der Waals surface area contributed by atoms with Crippen molar-refractivity contribution >= 4 is 11.6 Å². The Hall–Kier alpha value is -0.470. The number of hydrogen-bond donors (Lipinski definition) is 1. The lowest BCUT2D eigenvalue weighted by atomic mass is 9.72. The smallest absolute Gasteiger partial charge is 0.197 e. The third-order valence-electron chi connectivity index (χ3n) is 4.09. The molecule has 2 rings (SSSR count). The first kappa shape index (κ1) is 14.0. The minimum atomic E-state index is 0.339. The highest BCUT2D eigenvalue weighted by Crippen LogP contribution is 2.41. The number of rotatable bonds is 4. The molecule has 18 heavy (non-hydrogen) atoms. The van der Waals surface area contributed by atoms with Gasteiger partial charge in [0.15, 0.2) is 5.22 Å². The number of furan rings is 1. The van der Waals surface area contributed by atoms with E-state index in [0.29, 0.717) is 17.2 Å². The van der Waals surface area contributed by atoms with Crippen LogP contribution in [0.1, 0.15) is 51.6 Å². The highest BCUT2D eigenvalue weighted by Gasteiger charge is 2.32. The van der Waals surface area contributed by atoms with Crippen molar-refractivity contribution in [2.45, 2.75) is 46.1 Å². The van der Waals surface area contributed by atoms with Gasteiger partial charge in [-0.15, -0.1) is 0 Å². The quantitative estimate of drug-likeness (QED) is 0.860. The molecule has 1 aliphatic carbocycles. The summed E-state index contributed by atoms with van der Waals surface area (Å²) in [5.41, 5.74) is 1.13. The summed E-state index contributed by atoms with van der Waals surface area (Å²) >= 11 is 6.16. The molecule has 3 heteroatoms. The van der Waals surface area contributed by atoms with Crippen LogP contribution in [0.2, 0.25) is 5.22 Å². The van der Waals surface area contributed by atoms with Crippen LogP contribution < -0.4 is 5.32 Å². The Morgan fingerprint density at radius 3 is 2.50 bits per heavy atom. The molecule has 0 spiro atoms. The largest absolute Gasteiger partial charge is 0.453 e. The minimum Gasteiger partial charge on any atom is -0.453 e. The van der Waals surface area contributed by atoms with E-state index < -0.39 is 0 Å². The lowest BCUT2D eigenvalue weighted by Crippen LogP contribution is -2.33. The minimum absolute atomic E-state index is 0.339. The molecular formula is C15H24ClNO. The first-order valence-electron chi connectivity index (χ1n) is 7.08. The molecule has 1 aromatic heterocycles. The maximum absolute atomic E-state index is 6.16. The third kappa shape index (κ3) is 3.10. The van der Waals surface area contributed by atoms with Crippen molar-refractivity contribution in [2.75, 3.05) is 6.54 Å². The van der Waals surface area contributed by atoms with Gasteiger partial charge in [-0.2, -0.15) is 0 Å². The van der Waals surface area contributed by atoms with Crippen LogP contribution in [0.5, 0.6) is 0 Å². The van der Waals surface area contributed by atoms with Crippen molar-refractivity contribution in [3.8, 4) is 0 Å². The van der Waals surface area contributed by atoms with Gasteiger partial charge in [-0.05, 0) is 61.2 Å². The molecule has 0 aromatic carbocycles. The summed E-state index contributed by atoms with van der Waals surface area (Å²) in [6, 6.07) is 2.35. The number of hydrogen-bond acceptors (Lipinski definition) is 2. The lowest BCUT2D eigenvalue weighted by molar-refractivity contribution is 0.177. The lowest BCUT2D eigenvalue weighted by Gasteiger charge is -2.36. The van der Waals surface area contributed by atoms with Crippen molar-refractivity contribution in [3.05, 3.63) is 23.1 Å². The normalized spacial score (nSPS) is 30.3. The maximum atomic E-state index is 6.16. The van der Waals surface area contributed by atoms with E-state index in [-0.39, 0.29) is 0 Å². The number of halogens is 1. The van der Waals surface area contributed by atoms with Gasteiger partial charge in [0.25, 0.3) is 0 Å². The second kappa shape index (κ2) is 6.12. The van der Waals surface area contributed by atoms with E-state index in [4.69, 9.17) is 16.0 Å². The second-order valence-corrected chi connectivity index (χ2v) is 6.21. The summed E-state index contributed by atoms with van der Waals surface area (Å²) in [6.45, 7) is 7.84. The zero-order valence-corrected chi connectivity index (χ0v) is 12.3.